The monoisotopic (exact) mass is 519 g/mol. The number of aryl methyl sites for hydroxylation is 1. The molecule has 2 aromatic heterocycles. The smallest absolute Gasteiger partial charge is 0.276 e. The number of anilines is 1. The summed E-state index contributed by atoms with van der Waals surface area (Å²) in [5.74, 6) is -0.0996. The molecular formula is C25H18ClN5O4S. The van der Waals surface area contributed by atoms with E-state index in [-0.39, 0.29) is 34.8 Å². The topological polar surface area (TPSA) is 112 Å². The van der Waals surface area contributed by atoms with Crippen molar-refractivity contribution >= 4 is 50.4 Å². The number of rotatable bonds is 7. The molecule has 0 aliphatic heterocycles. The third kappa shape index (κ3) is 5.04. The van der Waals surface area contributed by atoms with E-state index < -0.39 is 4.92 Å². The van der Waals surface area contributed by atoms with Crippen molar-refractivity contribution in [3.8, 4) is 16.3 Å². The predicted molar refractivity (Wildman–Crippen MR) is 139 cm³/mol. The molecule has 0 aliphatic carbocycles. The molecule has 0 atom stereocenters. The van der Waals surface area contributed by atoms with Crippen molar-refractivity contribution < 1.29 is 14.5 Å². The van der Waals surface area contributed by atoms with Gasteiger partial charge < -0.3 is 10.1 Å². The molecule has 11 heteroatoms. The number of nitrogens with zero attached hydrogens (tertiary/aromatic N) is 4. The molecule has 0 saturated carbocycles. The summed E-state index contributed by atoms with van der Waals surface area (Å²) in [7, 11) is 0. The number of fused-ring (bicyclic) bond motifs is 1. The van der Waals surface area contributed by atoms with Gasteiger partial charge in [0.15, 0.2) is 12.4 Å². The van der Waals surface area contributed by atoms with Crippen LogP contribution in [-0.4, -0.2) is 25.6 Å². The fourth-order valence-electron chi connectivity index (χ4n) is 3.46. The Balaban J connectivity index is 1.21. The van der Waals surface area contributed by atoms with Crippen molar-refractivity contribution in [1.29, 1.82) is 0 Å². The second-order valence-corrected chi connectivity index (χ2v) is 9.35. The van der Waals surface area contributed by atoms with E-state index in [4.69, 9.17) is 21.3 Å². The van der Waals surface area contributed by atoms with Gasteiger partial charge in [-0.1, -0.05) is 17.7 Å². The number of hydrogen-bond acceptors (Lipinski definition) is 7. The fraction of sp³-hybridized carbons (Fsp3) is 0.0800. The van der Waals surface area contributed by atoms with Crippen molar-refractivity contribution in [2.45, 2.75) is 13.7 Å². The summed E-state index contributed by atoms with van der Waals surface area (Å²) in [6, 6.07) is 19.1. The highest BCUT2D eigenvalue weighted by atomic mass is 35.5. The average molecular weight is 520 g/mol. The first-order valence-electron chi connectivity index (χ1n) is 10.7. The van der Waals surface area contributed by atoms with Gasteiger partial charge in [-0.25, -0.2) is 9.67 Å². The van der Waals surface area contributed by atoms with Crippen LogP contribution in [0.3, 0.4) is 0 Å². The maximum absolute atomic E-state index is 12.6. The van der Waals surface area contributed by atoms with E-state index in [0.717, 1.165) is 20.8 Å². The summed E-state index contributed by atoms with van der Waals surface area (Å²) in [4.78, 5) is 27.6. The first kappa shape index (κ1) is 23.5. The van der Waals surface area contributed by atoms with Crippen molar-refractivity contribution in [1.82, 2.24) is 14.8 Å². The lowest BCUT2D eigenvalue weighted by atomic mass is 10.2. The zero-order chi connectivity index (χ0) is 25.2. The molecule has 5 rings (SSSR count). The van der Waals surface area contributed by atoms with Crippen LogP contribution in [0.25, 0.3) is 20.8 Å². The Labute approximate surface area is 214 Å². The van der Waals surface area contributed by atoms with Gasteiger partial charge in [-0.05, 0) is 61.0 Å². The number of aromatic nitrogens is 3. The molecule has 3 aromatic carbocycles. The summed E-state index contributed by atoms with van der Waals surface area (Å²) < 4.78 is 8.12. The normalized spacial score (nSPS) is 10.9. The van der Waals surface area contributed by atoms with E-state index in [0.29, 0.717) is 5.69 Å². The molecule has 0 fully saturated rings. The highest BCUT2D eigenvalue weighted by Crippen LogP contribution is 2.31. The molecule has 0 aliphatic rings. The number of carbonyl (C=O) groups is 1. The molecule has 1 amide bonds. The highest BCUT2D eigenvalue weighted by molar-refractivity contribution is 7.21. The van der Waals surface area contributed by atoms with Gasteiger partial charge in [0.2, 0.25) is 0 Å². The number of ether oxygens (including phenoxy) is 1. The largest absolute Gasteiger partial charge is 0.470 e. The van der Waals surface area contributed by atoms with E-state index in [1.54, 1.807) is 23.6 Å². The summed E-state index contributed by atoms with van der Waals surface area (Å²) in [5.41, 5.74) is 3.84. The molecule has 5 aromatic rings. The van der Waals surface area contributed by atoms with Crippen LogP contribution in [0, 0.1) is 17.0 Å². The number of nitro benzene ring substituents is 1. The van der Waals surface area contributed by atoms with Gasteiger partial charge in [-0.2, -0.15) is 5.10 Å². The number of nitro groups is 1. The van der Waals surface area contributed by atoms with E-state index >= 15 is 0 Å². The van der Waals surface area contributed by atoms with Gasteiger partial charge in [-0.15, -0.1) is 11.3 Å². The maximum Gasteiger partial charge on any atom is 0.276 e. The van der Waals surface area contributed by atoms with Crippen molar-refractivity contribution in [3.63, 3.8) is 0 Å². The van der Waals surface area contributed by atoms with Gasteiger partial charge in [0, 0.05) is 29.6 Å². The molecule has 36 heavy (non-hydrogen) atoms. The minimum Gasteiger partial charge on any atom is -0.470 e. The first-order valence-corrected chi connectivity index (χ1v) is 11.9. The number of nitrogens with one attached hydrogen (secondary N) is 1. The molecule has 0 bridgehead atoms. The van der Waals surface area contributed by atoms with Crippen LogP contribution in [-0.2, 0) is 6.73 Å². The molecule has 2 heterocycles. The Hall–Kier alpha value is -4.28. The maximum atomic E-state index is 12.6. The van der Waals surface area contributed by atoms with E-state index in [9.17, 15) is 14.9 Å². The van der Waals surface area contributed by atoms with Crippen LogP contribution in [0.4, 0.5) is 11.4 Å². The standard InChI is InChI=1S/C25H18ClN5O4S/c1-15-2-8-20-23(12-15)36-25(28-20)16-3-5-17(6-4-16)27-24(32)21-10-11-30(29-21)14-35-22-9-7-18(31(33)34)13-19(22)26/h2-13H,14H2,1H3,(H,27,32). The van der Waals surface area contributed by atoms with Gasteiger partial charge in [0.05, 0.1) is 20.2 Å². The Kier molecular flexibility index (Phi) is 6.36. The minimum atomic E-state index is -0.538. The third-order valence-electron chi connectivity index (χ3n) is 5.29. The summed E-state index contributed by atoms with van der Waals surface area (Å²) >= 11 is 7.66. The van der Waals surface area contributed by atoms with Gasteiger partial charge in [0.25, 0.3) is 11.6 Å². The van der Waals surface area contributed by atoms with Crippen LogP contribution < -0.4 is 10.1 Å². The number of non-ortho nitro benzene ring substituents is 1. The van der Waals surface area contributed by atoms with Crippen LogP contribution in [0.2, 0.25) is 5.02 Å². The lowest BCUT2D eigenvalue weighted by Gasteiger charge is -2.08. The number of amides is 1. The molecule has 0 unspecified atom stereocenters. The Morgan fingerprint density at radius 1 is 1.14 bits per heavy atom. The fourth-order valence-corrected chi connectivity index (χ4v) is 4.76. The van der Waals surface area contributed by atoms with Gasteiger partial charge in [-0.3, -0.25) is 14.9 Å². The second kappa shape index (κ2) is 9.76. The number of hydrogen-bond donors (Lipinski definition) is 1. The van der Waals surface area contributed by atoms with E-state index in [2.05, 4.69) is 23.4 Å². The van der Waals surface area contributed by atoms with Crippen molar-refractivity contribution in [3.05, 3.63) is 99.3 Å². The van der Waals surface area contributed by atoms with E-state index in [1.165, 1.54) is 28.4 Å². The molecule has 9 nitrogen and oxygen atoms in total. The zero-order valence-electron chi connectivity index (χ0n) is 18.8. The summed E-state index contributed by atoms with van der Waals surface area (Å²) in [5, 5.41) is 18.9. The Bertz CT molecular complexity index is 1600. The molecule has 0 spiro atoms. The number of thiazole rings is 1. The number of halogens is 1. The predicted octanol–water partition coefficient (Wildman–Crippen LogP) is 6.32. The van der Waals surface area contributed by atoms with Crippen molar-refractivity contribution in [2.24, 2.45) is 0 Å². The molecular weight excluding hydrogens is 502 g/mol. The quantitative estimate of drug-likeness (QED) is 0.199. The lowest BCUT2D eigenvalue weighted by Crippen LogP contribution is -2.14. The van der Waals surface area contributed by atoms with Crippen LogP contribution in [0.5, 0.6) is 5.75 Å². The highest BCUT2D eigenvalue weighted by Gasteiger charge is 2.13. The van der Waals surface area contributed by atoms with Crippen LogP contribution >= 0.6 is 22.9 Å². The van der Waals surface area contributed by atoms with Gasteiger partial charge >= 0.3 is 0 Å². The van der Waals surface area contributed by atoms with E-state index in [1.807, 2.05) is 36.4 Å². The van der Waals surface area contributed by atoms with Gasteiger partial charge in [0.1, 0.15) is 10.8 Å². The average Bonchev–Trinajstić information content (AvgIpc) is 3.50. The zero-order valence-corrected chi connectivity index (χ0v) is 20.4. The molecule has 1 N–H and O–H groups in total. The SMILES string of the molecule is Cc1ccc2nc(-c3ccc(NC(=O)c4ccn(COc5ccc([N+](=O)[O-])cc5Cl)n4)cc3)sc2c1. The van der Waals surface area contributed by atoms with Crippen LogP contribution in [0.1, 0.15) is 16.1 Å². The molecule has 0 saturated heterocycles. The lowest BCUT2D eigenvalue weighted by molar-refractivity contribution is -0.384. The van der Waals surface area contributed by atoms with Crippen LogP contribution in [0.15, 0.2) is 72.9 Å². The van der Waals surface area contributed by atoms with Crippen molar-refractivity contribution in [2.75, 3.05) is 5.32 Å². The Morgan fingerprint density at radius 3 is 2.69 bits per heavy atom. The number of benzene rings is 3. The number of carbonyl (C=O) groups excluding carboxylic acids is 1. The minimum absolute atomic E-state index is 0.0266. The molecule has 0 radical (unpaired) electrons. The summed E-state index contributed by atoms with van der Waals surface area (Å²) in [6.07, 6.45) is 1.59. The Morgan fingerprint density at radius 2 is 1.94 bits per heavy atom. The summed E-state index contributed by atoms with van der Waals surface area (Å²) in [6.45, 7) is 2.03. The first-order chi connectivity index (χ1) is 17.4. The third-order valence-corrected chi connectivity index (χ3v) is 6.65. The molecule has 180 valence electrons. The second-order valence-electron chi connectivity index (χ2n) is 7.91.